The number of hydrogen-bond donors (Lipinski definition) is 1. The minimum atomic E-state index is -3.64. The molecule has 0 bridgehead atoms. The van der Waals surface area contributed by atoms with Crippen LogP contribution in [0.5, 0.6) is 0 Å². The van der Waals surface area contributed by atoms with Crippen molar-refractivity contribution in [3.05, 3.63) is 53.1 Å². The molecule has 100 valence electrons. The van der Waals surface area contributed by atoms with Gasteiger partial charge in [0, 0.05) is 5.69 Å². The van der Waals surface area contributed by atoms with Crippen molar-refractivity contribution in [2.24, 2.45) is 0 Å². The zero-order valence-corrected chi connectivity index (χ0v) is 11.7. The molecule has 5 nitrogen and oxygen atoms in total. The molecule has 0 aliphatic rings. The van der Waals surface area contributed by atoms with Crippen LogP contribution < -0.4 is 4.72 Å². The van der Waals surface area contributed by atoms with Crippen LogP contribution in [0.25, 0.3) is 0 Å². The summed E-state index contributed by atoms with van der Waals surface area (Å²) < 4.78 is 26.6. The van der Waals surface area contributed by atoms with E-state index < -0.39 is 10.0 Å². The first-order valence-corrected chi connectivity index (χ1v) is 7.37. The third-order valence-electron chi connectivity index (χ3n) is 2.43. The van der Waals surface area contributed by atoms with Crippen molar-refractivity contribution in [3.8, 4) is 0 Å². The van der Waals surface area contributed by atoms with Crippen molar-refractivity contribution >= 4 is 21.6 Å². The average Bonchev–Trinajstić information content (AvgIpc) is 2.37. The summed E-state index contributed by atoms with van der Waals surface area (Å²) in [6.45, 7) is 1.91. The normalized spacial score (nSPS) is 11.5. The van der Waals surface area contributed by atoms with Gasteiger partial charge in [-0.2, -0.15) is 0 Å². The van der Waals surface area contributed by atoms with E-state index in [0.29, 0.717) is 5.69 Å². The monoisotopic (exact) mass is 297 g/mol. The predicted octanol–water partition coefficient (Wildman–Crippen LogP) is 1.92. The van der Waals surface area contributed by atoms with Crippen molar-refractivity contribution in [2.75, 3.05) is 0 Å². The molecule has 19 heavy (non-hydrogen) atoms. The molecule has 2 aromatic rings. The number of nitrogens with one attached hydrogen (secondary N) is 1. The summed E-state index contributed by atoms with van der Waals surface area (Å²) in [6, 6.07) is 8.00. The molecule has 0 aliphatic carbocycles. The lowest BCUT2D eigenvalue weighted by molar-refractivity contribution is 0.580. The first-order chi connectivity index (χ1) is 8.99. The molecular weight excluding hydrogens is 286 g/mol. The van der Waals surface area contributed by atoms with E-state index in [1.807, 2.05) is 6.92 Å². The highest BCUT2D eigenvalue weighted by Crippen LogP contribution is 2.20. The molecule has 0 spiro atoms. The van der Waals surface area contributed by atoms with Gasteiger partial charge < -0.3 is 0 Å². The second-order valence-corrected chi connectivity index (χ2v) is 6.05. The Bertz CT molecular complexity index is 689. The molecule has 1 aromatic carbocycles. The summed E-state index contributed by atoms with van der Waals surface area (Å²) >= 11 is 5.87. The summed E-state index contributed by atoms with van der Waals surface area (Å²) in [6.07, 6.45) is 1.40. The van der Waals surface area contributed by atoms with Crippen LogP contribution in [0.4, 0.5) is 0 Å². The molecule has 7 heteroatoms. The van der Waals surface area contributed by atoms with Crippen molar-refractivity contribution in [1.29, 1.82) is 0 Å². The molecule has 0 aliphatic heterocycles. The van der Waals surface area contributed by atoms with Crippen LogP contribution >= 0.6 is 11.6 Å². The van der Waals surface area contributed by atoms with Crippen LogP contribution in [0.3, 0.4) is 0 Å². The number of hydrogen-bond acceptors (Lipinski definition) is 4. The molecule has 1 heterocycles. The van der Waals surface area contributed by atoms with E-state index in [9.17, 15) is 8.42 Å². The minimum Gasteiger partial charge on any atom is -0.242 e. The van der Waals surface area contributed by atoms with E-state index in [-0.39, 0.29) is 16.5 Å². The summed E-state index contributed by atoms with van der Waals surface area (Å²) in [4.78, 5) is 7.99. The lowest BCUT2D eigenvalue weighted by Crippen LogP contribution is -2.24. The highest BCUT2D eigenvalue weighted by atomic mass is 35.5. The maximum absolute atomic E-state index is 12.1. The molecule has 1 N–H and O–H groups in total. The third kappa shape index (κ3) is 3.50. The molecular formula is C12H12ClN3O2S. The van der Waals surface area contributed by atoms with Gasteiger partial charge in [-0.15, -0.1) is 0 Å². The van der Waals surface area contributed by atoms with Gasteiger partial charge in [-0.25, -0.2) is 23.1 Å². The van der Waals surface area contributed by atoms with E-state index in [2.05, 4.69) is 14.7 Å². The van der Waals surface area contributed by atoms with Gasteiger partial charge in [0.1, 0.15) is 11.2 Å². The topological polar surface area (TPSA) is 72.0 Å². The summed E-state index contributed by atoms with van der Waals surface area (Å²) in [5.74, 6) is 0. The van der Waals surface area contributed by atoms with Crippen molar-refractivity contribution in [1.82, 2.24) is 14.7 Å². The van der Waals surface area contributed by atoms with Crippen molar-refractivity contribution < 1.29 is 8.42 Å². The number of aromatic nitrogens is 2. The van der Waals surface area contributed by atoms with Gasteiger partial charge >= 0.3 is 0 Å². The number of rotatable bonds is 4. The fraction of sp³-hybridized carbons (Fsp3) is 0.167. The molecule has 2 rings (SSSR count). The van der Waals surface area contributed by atoms with Crippen LogP contribution in [-0.4, -0.2) is 18.4 Å². The van der Waals surface area contributed by atoms with Crippen molar-refractivity contribution in [2.45, 2.75) is 18.4 Å². The van der Waals surface area contributed by atoms with Crippen LogP contribution in [0.15, 0.2) is 41.6 Å². The second kappa shape index (κ2) is 5.64. The lowest BCUT2D eigenvalue weighted by atomic mass is 10.3. The summed E-state index contributed by atoms with van der Waals surface area (Å²) in [5, 5.41) is 0.189. The number of nitrogens with zero attached hydrogens (tertiary/aromatic N) is 2. The van der Waals surface area contributed by atoms with E-state index in [0.717, 1.165) is 5.69 Å². The number of halogens is 1. The molecule has 0 amide bonds. The standard InChI is InChI=1S/C12H12ClN3O2S/c1-9-6-10(15-8-14-9)7-16-19(17,18)12-5-3-2-4-11(12)13/h2-6,8,16H,7H2,1H3. The smallest absolute Gasteiger partial charge is 0.242 e. The Labute approximate surface area is 116 Å². The van der Waals surface area contributed by atoms with Gasteiger partial charge in [-0.05, 0) is 25.1 Å². The Hall–Kier alpha value is -1.50. The molecule has 1 aromatic heterocycles. The van der Waals surface area contributed by atoms with E-state index in [4.69, 9.17) is 11.6 Å². The average molecular weight is 298 g/mol. The molecule has 0 atom stereocenters. The maximum Gasteiger partial charge on any atom is 0.242 e. The minimum absolute atomic E-state index is 0.0578. The SMILES string of the molecule is Cc1cc(CNS(=O)(=O)c2ccccc2Cl)ncn1. The highest BCUT2D eigenvalue weighted by Gasteiger charge is 2.17. The Morgan fingerprint density at radius 1 is 1.26 bits per heavy atom. The summed E-state index contributed by atoms with van der Waals surface area (Å²) in [7, 11) is -3.64. The molecule has 0 radical (unpaired) electrons. The van der Waals surface area contributed by atoms with Crippen LogP contribution in [0.1, 0.15) is 11.4 Å². The Kier molecular flexibility index (Phi) is 4.14. The van der Waals surface area contributed by atoms with Crippen LogP contribution in [0.2, 0.25) is 5.02 Å². The second-order valence-electron chi connectivity index (χ2n) is 3.91. The van der Waals surface area contributed by atoms with E-state index in [1.165, 1.54) is 18.5 Å². The summed E-state index contributed by atoms with van der Waals surface area (Å²) in [5.41, 5.74) is 1.38. The fourth-order valence-electron chi connectivity index (χ4n) is 1.52. The van der Waals surface area contributed by atoms with Gasteiger partial charge in [0.15, 0.2) is 0 Å². The van der Waals surface area contributed by atoms with Gasteiger partial charge in [0.05, 0.1) is 17.3 Å². The molecule has 0 fully saturated rings. The van der Waals surface area contributed by atoms with Gasteiger partial charge in [0.2, 0.25) is 10.0 Å². The van der Waals surface area contributed by atoms with Crippen LogP contribution in [0, 0.1) is 6.92 Å². The molecule has 0 saturated carbocycles. The molecule has 0 saturated heterocycles. The maximum atomic E-state index is 12.1. The first-order valence-electron chi connectivity index (χ1n) is 5.51. The van der Waals surface area contributed by atoms with E-state index >= 15 is 0 Å². The largest absolute Gasteiger partial charge is 0.242 e. The van der Waals surface area contributed by atoms with E-state index in [1.54, 1.807) is 18.2 Å². The number of aryl methyl sites for hydroxylation is 1. The Morgan fingerprint density at radius 2 is 2.00 bits per heavy atom. The Morgan fingerprint density at radius 3 is 2.68 bits per heavy atom. The van der Waals surface area contributed by atoms with Crippen molar-refractivity contribution in [3.63, 3.8) is 0 Å². The molecule has 0 unspecified atom stereocenters. The quantitative estimate of drug-likeness (QED) is 0.936. The van der Waals surface area contributed by atoms with Gasteiger partial charge in [-0.1, -0.05) is 23.7 Å². The fourth-order valence-corrected chi connectivity index (χ4v) is 3.03. The number of sulfonamides is 1. The zero-order valence-electron chi connectivity index (χ0n) is 10.2. The zero-order chi connectivity index (χ0) is 13.9. The third-order valence-corrected chi connectivity index (χ3v) is 4.33. The first kappa shape index (κ1) is 13.9. The lowest BCUT2D eigenvalue weighted by Gasteiger charge is -2.07. The van der Waals surface area contributed by atoms with Gasteiger partial charge in [0.25, 0.3) is 0 Å². The van der Waals surface area contributed by atoms with Gasteiger partial charge in [-0.3, -0.25) is 0 Å². The highest BCUT2D eigenvalue weighted by molar-refractivity contribution is 7.89. The predicted molar refractivity (Wildman–Crippen MR) is 72.2 cm³/mol. The Balaban J connectivity index is 2.17. The van der Waals surface area contributed by atoms with Crippen LogP contribution in [-0.2, 0) is 16.6 Å². The number of benzene rings is 1.